The molecule has 0 spiro atoms. The van der Waals surface area contributed by atoms with E-state index in [1.807, 2.05) is 12.1 Å². The average molecular weight is 442 g/mol. The van der Waals surface area contributed by atoms with Crippen LogP contribution in [0.25, 0.3) is 10.6 Å². The number of hydrogen-bond acceptors (Lipinski definition) is 6. The predicted molar refractivity (Wildman–Crippen MR) is 118 cm³/mol. The van der Waals surface area contributed by atoms with Crippen LogP contribution in [0.3, 0.4) is 0 Å². The number of amides is 1. The van der Waals surface area contributed by atoms with Crippen molar-refractivity contribution in [1.29, 1.82) is 0 Å². The molecule has 0 N–H and O–H groups in total. The molecular weight excluding hydrogens is 417 g/mol. The topological polar surface area (TPSA) is 64.5 Å². The molecule has 1 heterocycles. The SMILES string of the molecule is COc1ccc(CC(=O)N(c2nnc(-c3ccc(F)cc3)s2)C2CCCC2)cc1OC. The molecule has 8 heteroatoms. The summed E-state index contributed by atoms with van der Waals surface area (Å²) in [5, 5.41) is 9.83. The Labute approximate surface area is 184 Å². The first-order chi connectivity index (χ1) is 15.1. The second-order valence-corrected chi connectivity index (χ2v) is 8.42. The number of rotatable bonds is 7. The number of anilines is 1. The van der Waals surface area contributed by atoms with E-state index in [9.17, 15) is 9.18 Å². The number of nitrogens with zero attached hydrogens (tertiary/aromatic N) is 3. The van der Waals surface area contributed by atoms with Gasteiger partial charge in [0.15, 0.2) is 11.5 Å². The third kappa shape index (κ3) is 4.69. The highest BCUT2D eigenvalue weighted by Gasteiger charge is 2.31. The van der Waals surface area contributed by atoms with Crippen LogP contribution in [-0.2, 0) is 11.2 Å². The van der Waals surface area contributed by atoms with Gasteiger partial charge in [-0.15, -0.1) is 10.2 Å². The molecule has 0 unspecified atom stereocenters. The van der Waals surface area contributed by atoms with Crippen molar-refractivity contribution in [1.82, 2.24) is 10.2 Å². The van der Waals surface area contributed by atoms with Crippen molar-refractivity contribution in [3.63, 3.8) is 0 Å². The summed E-state index contributed by atoms with van der Waals surface area (Å²) < 4.78 is 23.9. The molecular formula is C23H24FN3O3S. The van der Waals surface area contributed by atoms with Gasteiger partial charge in [0.2, 0.25) is 11.0 Å². The lowest BCUT2D eigenvalue weighted by Crippen LogP contribution is -2.40. The highest BCUT2D eigenvalue weighted by Crippen LogP contribution is 2.35. The summed E-state index contributed by atoms with van der Waals surface area (Å²) in [7, 11) is 3.16. The van der Waals surface area contributed by atoms with Crippen LogP contribution in [0.1, 0.15) is 31.2 Å². The largest absolute Gasteiger partial charge is 0.493 e. The molecule has 2 aromatic carbocycles. The zero-order chi connectivity index (χ0) is 21.8. The Hall–Kier alpha value is -3.00. The Balaban J connectivity index is 1.60. The van der Waals surface area contributed by atoms with Crippen molar-refractivity contribution in [3.05, 3.63) is 53.8 Å². The van der Waals surface area contributed by atoms with Gasteiger partial charge in [-0.3, -0.25) is 9.69 Å². The van der Waals surface area contributed by atoms with Gasteiger partial charge in [0.05, 0.1) is 20.6 Å². The number of carbonyl (C=O) groups excluding carboxylic acids is 1. The lowest BCUT2D eigenvalue weighted by atomic mass is 10.1. The summed E-state index contributed by atoms with van der Waals surface area (Å²) in [5.74, 6) is 0.890. The monoisotopic (exact) mass is 441 g/mol. The lowest BCUT2D eigenvalue weighted by Gasteiger charge is -2.26. The van der Waals surface area contributed by atoms with Crippen LogP contribution < -0.4 is 14.4 Å². The van der Waals surface area contributed by atoms with Crippen LogP contribution in [0.2, 0.25) is 0 Å². The van der Waals surface area contributed by atoms with Gasteiger partial charge in [-0.1, -0.05) is 30.2 Å². The molecule has 0 saturated heterocycles. The number of methoxy groups -OCH3 is 2. The zero-order valence-electron chi connectivity index (χ0n) is 17.5. The van der Waals surface area contributed by atoms with Crippen LogP contribution in [-0.4, -0.2) is 36.4 Å². The van der Waals surface area contributed by atoms with E-state index in [4.69, 9.17) is 9.47 Å². The lowest BCUT2D eigenvalue weighted by molar-refractivity contribution is -0.118. The molecule has 0 aliphatic heterocycles. The molecule has 4 rings (SSSR count). The third-order valence-corrected chi connectivity index (χ3v) is 6.45. The molecule has 6 nitrogen and oxygen atoms in total. The number of hydrogen-bond donors (Lipinski definition) is 0. The van der Waals surface area contributed by atoms with Crippen molar-refractivity contribution in [3.8, 4) is 22.1 Å². The molecule has 1 aliphatic rings. The van der Waals surface area contributed by atoms with E-state index in [0.717, 1.165) is 36.8 Å². The maximum Gasteiger partial charge on any atom is 0.233 e. The summed E-state index contributed by atoms with van der Waals surface area (Å²) in [6.07, 6.45) is 4.30. The number of aromatic nitrogens is 2. The van der Waals surface area contributed by atoms with Crippen molar-refractivity contribution in [2.75, 3.05) is 19.1 Å². The Morgan fingerprint density at radius 3 is 2.45 bits per heavy atom. The fourth-order valence-corrected chi connectivity index (χ4v) is 4.84. The van der Waals surface area contributed by atoms with Gasteiger partial charge in [0.1, 0.15) is 10.8 Å². The van der Waals surface area contributed by atoms with Crippen molar-refractivity contribution >= 4 is 22.4 Å². The Morgan fingerprint density at radius 2 is 1.77 bits per heavy atom. The number of halogens is 1. The van der Waals surface area contributed by atoms with Crippen LogP contribution in [0.15, 0.2) is 42.5 Å². The molecule has 31 heavy (non-hydrogen) atoms. The molecule has 0 radical (unpaired) electrons. The third-order valence-electron chi connectivity index (χ3n) is 5.47. The predicted octanol–water partition coefficient (Wildman–Crippen LogP) is 4.88. The summed E-state index contributed by atoms with van der Waals surface area (Å²) in [4.78, 5) is 15.2. The summed E-state index contributed by atoms with van der Waals surface area (Å²) in [6.45, 7) is 0. The van der Waals surface area contributed by atoms with Gasteiger partial charge in [-0.25, -0.2) is 4.39 Å². The van der Waals surface area contributed by atoms with Gasteiger partial charge in [-0.2, -0.15) is 0 Å². The Morgan fingerprint density at radius 1 is 1.06 bits per heavy atom. The molecule has 1 amide bonds. The first-order valence-corrected chi connectivity index (χ1v) is 11.0. The molecule has 3 aromatic rings. The quantitative estimate of drug-likeness (QED) is 0.523. The fourth-order valence-electron chi connectivity index (χ4n) is 3.90. The zero-order valence-corrected chi connectivity index (χ0v) is 18.3. The first kappa shape index (κ1) is 21.2. The van der Waals surface area contributed by atoms with E-state index in [1.165, 1.54) is 23.5 Å². The normalized spacial score (nSPS) is 13.9. The standard InChI is InChI=1S/C23H24FN3O3S/c1-29-19-12-7-15(13-20(19)30-2)14-21(28)27(18-5-3-4-6-18)23-26-25-22(31-23)16-8-10-17(24)11-9-16/h7-13,18H,3-6,14H2,1-2H3. The van der Waals surface area contributed by atoms with E-state index in [1.54, 1.807) is 37.3 Å². The number of benzene rings is 2. The van der Waals surface area contributed by atoms with E-state index >= 15 is 0 Å². The smallest absolute Gasteiger partial charge is 0.233 e. The minimum Gasteiger partial charge on any atom is -0.493 e. The molecule has 0 atom stereocenters. The first-order valence-electron chi connectivity index (χ1n) is 10.2. The van der Waals surface area contributed by atoms with Crippen molar-refractivity contribution < 1.29 is 18.7 Å². The Bertz CT molecular complexity index is 1050. The highest BCUT2D eigenvalue weighted by atomic mass is 32.1. The molecule has 1 saturated carbocycles. The average Bonchev–Trinajstić information content (AvgIpc) is 3.47. The number of ether oxygens (including phenoxy) is 2. The minimum atomic E-state index is -0.300. The molecule has 0 bridgehead atoms. The van der Waals surface area contributed by atoms with Gasteiger partial charge in [0, 0.05) is 11.6 Å². The van der Waals surface area contributed by atoms with Gasteiger partial charge >= 0.3 is 0 Å². The maximum absolute atomic E-state index is 13.4. The van der Waals surface area contributed by atoms with Crippen LogP contribution >= 0.6 is 11.3 Å². The van der Waals surface area contributed by atoms with E-state index in [-0.39, 0.29) is 24.2 Å². The summed E-state index contributed by atoms with van der Waals surface area (Å²) in [5.41, 5.74) is 1.62. The number of carbonyl (C=O) groups is 1. The molecule has 1 aromatic heterocycles. The van der Waals surface area contributed by atoms with Gasteiger partial charge in [0.25, 0.3) is 0 Å². The van der Waals surface area contributed by atoms with Crippen molar-refractivity contribution in [2.24, 2.45) is 0 Å². The highest BCUT2D eigenvalue weighted by molar-refractivity contribution is 7.18. The molecule has 1 aliphatic carbocycles. The van der Waals surface area contributed by atoms with Gasteiger partial charge in [-0.05, 0) is 54.8 Å². The summed E-state index contributed by atoms with van der Waals surface area (Å²) in [6, 6.07) is 11.8. The van der Waals surface area contributed by atoms with Crippen LogP contribution in [0, 0.1) is 5.82 Å². The maximum atomic E-state index is 13.4. The van der Waals surface area contributed by atoms with Crippen LogP contribution in [0.4, 0.5) is 9.52 Å². The van der Waals surface area contributed by atoms with Crippen molar-refractivity contribution in [2.45, 2.75) is 38.1 Å². The minimum absolute atomic E-state index is 0.0269. The second-order valence-electron chi connectivity index (χ2n) is 7.46. The molecule has 1 fully saturated rings. The fraction of sp³-hybridized carbons (Fsp3) is 0.348. The second kappa shape index (κ2) is 9.43. The van der Waals surface area contributed by atoms with Gasteiger partial charge < -0.3 is 9.47 Å². The summed E-state index contributed by atoms with van der Waals surface area (Å²) >= 11 is 1.36. The Kier molecular flexibility index (Phi) is 6.46. The van der Waals surface area contributed by atoms with E-state index < -0.39 is 0 Å². The van der Waals surface area contributed by atoms with E-state index in [0.29, 0.717) is 21.6 Å². The molecule has 162 valence electrons. The van der Waals surface area contributed by atoms with Crippen LogP contribution in [0.5, 0.6) is 11.5 Å². The van der Waals surface area contributed by atoms with E-state index in [2.05, 4.69) is 10.2 Å².